The van der Waals surface area contributed by atoms with Gasteiger partial charge in [0.1, 0.15) is 12.4 Å². The van der Waals surface area contributed by atoms with Crippen LogP contribution in [-0.4, -0.2) is 42.2 Å². The van der Waals surface area contributed by atoms with Gasteiger partial charge in [-0.1, -0.05) is 60.0 Å². The fourth-order valence-corrected chi connectivity index (χ4v) is 4.48. The van der Waals surface area contributed by atoms with Crippen LogP contribution in [0.4, 0.5) is 5.69 Å². The third-order valence-electron chi connectivity index (χ3n) is 6.59. The van der Waals surface area contributed by atoms with Crippen molar-refractivity contribution in [3.05, 3.63) is 95.1 Å². The van der Waals surface area contributed by atoms with Crippen LogP contribution in [0.2, 0.25) is 0 Å². The van der Waals surface area contributed by atoms with Gasteiger partial charge in [0.05, 0.1) is 12.3 Å². The minimum absolute atomic E-state index is 0. The number of aliphatic carboxylic acids is 1. The minimum Gasteiger partial charge on any atom is -0.489 e. The standard InChI is InChI=1S/C31H34N2O3.H2S/c1-3-4-28(21-31(34)35)27-11-15-30(16-12-27)36-23-26-9-7-25(8-10-26)22-32-17-19-33(20-18-32)29-13-5-24(2)6-14-29;/h5-16,28H,17-23H2,1-2H3,(H,34,35);1H2/t28-;/m0./s1. The van der Waals surface area contributed by atoms with Crippen LogP contribution in [-0.2, 0) is 17.9 Å². The van der Waals surface area contributed by atoms with Crippen molar-refractivity contribution in [2.45, 2.75) is 39.3 Å². The molecule has 0 radical (unpaired) electrons. The summed E-state index contributed by atoms with van der Waals surface area (Å²) in [4.78, 5) is 16.1. The maximum Gasteiger partial charge on any atom is 0.304 e. The molecule has 0 bridgehead atoms. The molecular formula is C31H36N2O3S. The quantitative estimate of drug-likeness (QED) is 0.376. The number of rotatable bonds is 9. The van der Waals surface area contributed by atoms with E-state index in [-0.39, 0.29) is 25.8 Å². The van der Waals surface area contributed by atoms with Gasteiger partial charge in [-0.25, -0.2) is 0 Å². The molecule has 0 unspecified atom stereocenters. The highest BCUT2D eigenvalue weighted by atomic mass is 32.1. The molecule has 1 aliphatic rings. The topological polar surface area (TPSA) is 53.0 Å². The van der Waals surface area contributed by atoms with Crippen LogP contribution in [0.5, 0.6) is 5.75 Å². The monoisotopic (exact) mass is 516 g/mol. The number of ether oxygens (including phenoxy) is 1. The van der Waals surface area contributed by atoms with Crippen molar-refractivity contribution in [1.82, 2.24) is 4.90 Å². The molecule has 194 valence electrons. The molecule has 0 saturated carbocycles. The largest absolute Gasteiger partial charge is 0.489 e. The summed E-state index contributed by atoms with van der Waals surface area (Å²) in [7, 11) is 0. The molecule has 37 heavy (non-hydrogen) atoms. The summed E-state index contributed by atoms with van der Waals surface area (Å²) < 4.78 is 5.95. The number of anilines is 1. The molecule has 1 fully saturated rings. The SMILES string of the molecule is CC#C[C@@H](CC(=O)O)c1ccc(OCc2ccc(CN3CCN(c4ccc(C)cc4)CC3)cc2)cc1.S. The van der Waals surface area contributed by atoms with Crippen LogP contribution in [0.3, 0.4) is 0 Å². The van der Waals surface area contributed by atoms with Crippen molar-refractivity contribution in [1.29, 1.82) is 0 Å². The van der Waals surface area contributed by atoms with E-state index in [1.807, 2.05) is 24.3 Å². The molecule has 0 spiro atoms. The van der Waals surface area contributed by atoms with Crippen molar-refractivity contribution in [3.63, 3.8) is 0 Å². The van der Waals surface area contributed by atoms with Gasteiger partial charge in [-0.15, -0.1) is 5.92 Å². The predicted molar refractivity (Wildman–Crippen MR) is 155 cm³/mol. The second-order valence-corrected chi connectivity index (χ2v) is 9.32. The molecule has 1 atom stereocenters. The number of hydrogen-bond donors (Lipinski definition) is 1. The molecule has 1 aliphatic heterocycles. The number of hydrogen-bond acceptors (Lipinski definition) is 4. The molecule has 1 heterocycles. The first kappa shape index (κ1) is 28.2. The van der Waals surface area contributed by atoms with E-state index >= 15 is 0 Å². The fourth-order valence-electron chi connectivity index (χ4n) is 4.48. The van der Waals surface area contributed by atoms with E-state index in [0.717, 1.165) is 49.6 Å². The van der Waals surface area contributed by atoms with Crippen molar-refractivity contribution >= 4 is 25.2 Å². The number of carboxylic acid groups (broad SMARTS) is 1. The van der Waals surface area contributed by atoms with Gasteiger partial charge in [0.25, 0.3) is 0 Å². The maximum absolute atomic E-state index is 11.1. The highest BCUT2D eigenvalue weighted by Crippen LogP contribution is 2.23. The normalized spacial score (nSPS) is 14.2. The highest BCUT2D eigenvalue weighted by Gasteiger charge is 2.17. The smallest absolute Gasteiger partial charge is 0.304 e. The average Bonchev–Trinajstić information content (AvgIpc) is 2.89. The zero-order valence-corrected chi connectivity index (χ0v) is 22.6. The second-order valence-electron chi connectivity index (χ2n) is 9.32. The van der Waals surface area contributed by atoms with Crippen LogP contribution in [0.1, 0.15) is 41.5 Å². The Balaban J connectivity index is 0.00000380. The van der Waals surface area contributed by atoms with E-state index in [1.165, 1.54) is 16.8 Å². The van der Waals surface area contributed by atoms with Crippen LogP contribution < -0.4 is 9.64 Å². The number of benzene rings is 3. The number of nitrogens with zero attached hydrogens (tertiary/aromatic N) is 2. The van der Waals surface area contributed by atoms with E-state index in [4.69, 9.17) is 9.84 Å². The third kappa shape index (κ3) is 8.31. The fraction of sp³-hybridized carbons (Fsp3) is 0.323. The Morgan fingerprint density at radius 2 is 1.54 bits per heavy atom. The Hall–Kier alpha value is -3.40. The lowest BCUT2D eigenvalue weighted by atomic mass is 9.96. The van der Waals surface area contributed by atoms with Crippen molar-refractivity contribution in [2.75, 3.05) is 31.1 Å². The molecule has 1 N–H and O–H groups in total. The summed E-state index contributed by atoms with van der Waals surface area (Å²) in [6.07, 6.45) is -0.00414. The van der Waals surface area contributed by atoms with Crippen LogP contribution >= 0.6 is 13.5 Å². The lowest BCUT2D eigenvalue weighted by molar-refractivity contribution is -0.137. The predicted octanol–water partition coefficient (Wildman–Crippen LogP) is 5.59. The van der Waals surface area contributed by atoms with Crippen LogP contribution in [0.15, 0.2) is 72.8 Å². The van der Waals surface area contributed by atoms with Crippen molar-refractivity contribution in [3.8, 4) is 17.6 Å². The van der Waals surface area contributed by atoms with Crippen molar-refractivity contribution < 1.29 is 14.6 Å². The summed E-state index contributed by atoms with van der Waals surface area (Å²) in [5, 5.41) is 9.11. The van der Waals surface area contributed by atoms with Crippen LogP contribution in [0.25, 0.3) is 0 Å². The Labute approximate surface area is 227 Å². The number of piperazine rings is 1. The first-order valence-electron chi connectivity index (χ1n) is 12.5. The Bertz CT molecular complexity index is 1190. The Kier molecular flexibility index (Phi) is 10.5. The molecule has 3 aromatic carbocycles. The summed E-state index contributed by atoms with van der Waals surface area (Å²) in [5.41, 5.74) is 5.94. The Morgan fingerprint density at radius 3 is 2.14 bits per heavy atom. The molecule has 3 aromatic rings. The van der Waals surface area contributed by atoms with Gasteiger partial charge < -0.3 is 14.7 Å². The van der Waals surface area contributed by atoms with Crippen molar-refractivity contribution in [2.24, 2.45) is 0 Å². The lowest BCUT2D eigenvalue weighted by Gasteiger charge is -2.36. The summed E-state index contributed by atoms with van der Waals surface area (Å²) in [5.74, 6) is 5.40. The molecule has 5 nitrogen and oxygen atoms in total. The van der Waals surface area contributed by atoms with Gasteiger partial charge in [-0.2, -0.15) is 13.5 Å². The van der Waals surface area contributed by atoms with E-state index < -0.39 is 5.97 Å². The molecule has 6 heteroatoms. The molecule has 0 aromatic heterocycles. The van der Waals surface area contributed by atoms with Gasteiger partial charge >= 0.3 is 5.97 Å². The van der Waals surface area contributed by atoms with E-state index in [9.17, 15) is 4.79 Å². The molecule has 4 rings (SSSR count). The minimum atomic E-state index is -0.851. The van der Waals surface area contributed by atoms with Gasteiger partial charge in [-0.05, 0) is 54.8 Å². The summed E-state index contributed by atoms with van der Waals surface area (Å²) >= 11 is 0. The van der Waals surface area contributed by atoms with E-state index in [0.29, 0.717) is 6.61 Å². The van der Waals surface area contributed by atoms with Gasteiger partial charge in [0.2, 0.25) is 0 Å². The number of carboxylic acids is 1. The zero-order valence-electron chi connectivity index (χ0n) is 21.6. The second kappa shape index (κ2) is 13.8. The van der Waals surface area contributed by atoms with Crippen LogP contribution in [0, 0.1) is 18.8 Å². The Morgan fingerprint density at radius 1 is 0.919 bits per heavy atom. The van der Waals surface area contributed by atoms with Gasteiger partial charge in [0.15, 0.2) is 0 Å². The highest BCUT2D eigenvalue weighted by molar-refractivity contribution is 7.59. The first-order valence-corrected chi connectivity index (χ1v) is 12.5. The lowest BCUT2D eigenvalue weighted by Crippen LogP contribution is -2.45. The summed E-state index contributed by atoms with van der Waals surface area (Å²) in [6.45, 7) is 9.53. The van der Waals surface area contributed by atoms with E-state index in [2.05, 4.69) is 77.1 Å². The summed E-state index contributed by atoms with van der Waals surface area (Å²) in [6, 6.07) is 25.0. The van der Waals surface area contributed by atoms with E-state index in [1.54, 1.807) is 6.92 Å². The molecule has 1 saturated heterocycles. The number of carbonyl (C=O) groups is 1. The maximum atomic E-state index is 11.1. The molecule has 0 amide bonds. The average molecular weight is 517 g/mol. The third-order valence-corrected chi connectivity index (χ3v) is 6.59. The first-order chi connectivity index (χ1) is 17.5. The van der Waals surface area contributed by atoms with Gasteiger partial charge in [-0.3, -0.25) is 9.69 Å². The molecular weight excluding hydrogens is 480 g/mol. The zero-order chi connectivity index (χ0) is 25.3. The molecule has 0 aliphatic carbocycles. The number of aryl methyl sites for hydroxylation is 1. The van der Waals surface area contributed by atoms with Gasteiger partial charge in [0, 0.05) is 38.4 Å².